The van der Waals surface area contributed by atoms with E-state index in [9.17, 15) is 14.0 Å². The fourth-order valence-corrected chi connectivity index (χ4v) is 2.40. The number of esters is 1. The van der Waals surface area contributed by atoms with Crippen LogP contribution in [0.15, 0.2) is 22.6 Å². The largest absolute Gasteiger partial charge is 0.475 e. The van der Waals surface area contributed by atoms with Gasteiger partial charge in [-0.2, -0.15) is 0 Å². The lowest BCUT2D eigenvalue weighted by Crippen LogP contribution is -2.27. The van der Waals surface area contributed by atoms with Gasteiger partial charge in [-0.3, -0.25) is 4.79 Å². The topological polar surface area (TPSA) is 103 Å². The highest BCUT2D eigenvalue weighted by Crippen LogP contribution is 2.26. The third-order valence-electron chi connectivity index (χ3n) is 3.54. The minimum absolute atomic E-state index is 0.00574. The average molecular weight is 337 g/mol. The molecule has 130 valence electrons. The maximum atomic E-state index is 13.7. The van der Waals surface area contributed by atoms with Crippen molar-refractivity contribution in [3.63, 3.8) is 0 Å². The second-order valence-electron chi connectivity index (χ2n) is 5.64. The number of hydrogen-bond donors (Lipinski definition) is 2. The monoisotopic (exact) mass is 337 g/mol. The van der Waals surface area contributed by atoms with Crippen molar-refractivity contribution in [2.75, 3.05) is 6.61 Å². The molecule has 0 spiro atoms. The fourth-order valence-electron chi connectivity index (χ4n) is 2.40. The standard InChI is InChI=1S/C17H20FNO5/c1-2-3-4-23-15(20)9-13(19)7-10-5-12(18)6-11-8-14(17(21)22)24-16(10)11/h5-6,8,13H,2-4,7,9,19H2,1H3,(H,21,22). The Morgan fingerprint density at radius 1 is 1.38 bits per heavy atom. The number of furan rings is 1. The predicted molar refractivity (Wildman–Crippen MR) is 85.3 cm³/mol. The maximum Gasteiger partial charge on any atom is 0.371 e. The summed E-state index contributed by atoms with van der Waals surface area (Å²) in [6, 6.07) is 3.11. The summed E-state index contributed by atoms with van der Waals surface area (Å²) in [6.45, 7) is 2.34. The molecule has 1 atom stereocenters. The fraction of sp³-hybridized carbons (Fsp3) is 0.412. The SMILES string of the molecule is CCCCOC(=O)CC(N)Cc1cc(F)cc2cc(C(=O)O)oc12. The molecule has 0 aliphatic carbocycles. The van der Waals surface area contributed by atoms with Gasteiger partial charge in [0.15, 0.2) is 0 Å². The number of unbranched alkanes of at least 4 members (excludes halogenated alkanes) is 1. The van der Waals surface area contributed by atoms with E-state index in [1.165, 1.54) is 18.2 Å². The molecule has 1 aromatic heterocycles. The third kappa shape index (κ3) is 4.55. The van der Waals surface area contributed by atoms with E-state index in [-0.39, 0.29) is 24.2 Å². The van der Waals surface area contributed by atoms with Gasteiger partial charge >= 0.3 is 11.9 Å². The molecule has 1 heterocycles. The number of ether oxygens (including phenoxy) is 1. The lowest BCUT2D eigenvalue weighted by Gasteiger charge is -2.12. The molecule has 0 saturated heterocycles. The quantitative estimate of drug-likeness (QED) is 0.567. The van der Waals surface area contributed by atoms with E-state index in [2.05, 4.69) is 0 Å². The minimum Gasteiger partial charge on any atom is -0.475 e. The van der Waals surface area contributed by atoms with E-state index in [1.54, 1.807) is 0 Å². The van der Waals surface area contributed by atoms with Crippen molar-refractivity contribution in [3.05, 3.63) is 35.3 Å². The number of carbonyl (C=O) groups is 2. The van der Waals surface area contributed by atoms with Crippen LogP contribution in [0.3, 0.4) is 0 Å². The molecule has 3 N–H and O–H groups in total. The zero-order valence-electron chi connectivity index (χ0n) is 13.4. The van der Waals surface area contributed by atoms with Gasteiger partial charge in [0.05, 0.1) is 13.0 Å². The summed E-state index contributed by atoms with van der Waals surface area (Å²) in [7, 11) is 0. The molecule has 0 fully saturated rings. The number of rotatable bonds is 8. The number of carboxylic acids is 1. The zero-order chi connectivity index (χ0) is 17.7. The van der Waals surface area contributed by atoms with Crippen molar-refractivity contribution in [2.45, 2.75) is 38.6 Å². The molecule has 2 aromatic rings. The first-order valence-corrected chi connectivity index (χ1v) is 7.77. The summed E-state index contributed by atoms with van der Waals surface area (Å²) < 4.78 is 24.0. The number of hydrogen-bond acceptors (Lipinski definition) is 5. The molecule has 0 radical (unpaired) electrons. The van der Waals surface area contributed by atoms with Gasteiger partial charge in [-0.1, -0.05) is 13.3 Å². The Labute approximate surface area is 138 Å². The van der Waals surface area contributed by atoms with Crippen molar-refractivity contribution >= 4 is 22.9 Å². The summed E-state index contributed by atoms with van der Waals surface area (Å²) in [5.74, 6) is -2.44. The molecule has 0 amide bonds. The van der Waals surface area contributed by atoms with Gasteiger partial charge in [-0.25, -0.2) is 9.18 Å². The highest BCUT2D eigenvalue weighted by molar-refractivity contribution is 5.92. The van der Waals surface area contributed by atoms with Crippen LogP contribution in [0.2, 0.25) is 0 Å². The molecule has 7 heteroatoms. The summed E-state index contributed by atoms with van der Waals surface area (Å²) in [5, 5.41) is 9.32. The van der Waals surface area contributed by atoms with Crippen molar-refractivity contribution in [2.24, 2.45) is 5.73 Å². The van der Waals surface area contributed by atoms with Gasteiger partial charge in [0, 0.05) is 11.4 Å². The van der Waals surface area contributed by atoms with E-state index in [0.29, 0.717) is 17.6 Å². The highest BCUT2D eigenvalue weighted by atomic mass is 19.1. The molecule has 1 unspecified atom stereocenters. The average Bonchev–Trinajstić information content (AvgIpc) is 2.91. The van der Waals surface area contributed by atoms with Crippen LogP contribution in [0.1, 0.15) is 42.3 Å². The van der Waals surface area contributed by atoms with Crippen LogP contribution < -0.4 is 5.73 Å². The normalized spacial score (nSPS) is 12.3. The smallest absolute Gasteiger partial charge is 0.371 e. The lowest BCUT2D eigenvalue weighted by atomic mass is 10.0. The van der Waals surface area contributed by atoms with Gasteiger partial charge < -0.3 is 20.0 Å². The van der Waals surface area contributed by atoms with Crippen LogP contribution in [-0.2, 0) is 16.0 Å². The first-order valence-electron chi connectivity index (χ1n) is 7.77. The molecule has 0 saturated carbocycles. The summed E-state index contributed by atoms with van der Waals surface area (Å²) in [5.41, 5.74) is 6.63. The first-order chi connectivity index (χ1) is 11.4. The molecular formula is C17H20FNO5. The second-order valence-corrected chi connectivity index (χ2v) is 5.64. The van der Waals surface area contributed by atoms with Crippen molar-refractivity contribution in [1.82, 2.24) is 0 Å². The van der Waals surface area contributed by atoms with Gasteiger partial charge in [-0.05, 0) is 36.6 Å². The number of carboxylic acid groups (broad SMARTS) is 1. The van der Waals surface area contributed by atoms with E-state index in [1.807, 2.05) is 6.92 Å². The van der Waals surface area contributed by atoms with Crippen LogP contribution in [0, 0.1) is 5.82 Å². The Morgan fingerprint density at radius 2 is 2.12 bits per heavy atom. The van der Waals surface area contributed by atoms with Crippen LogP contribution in [-0.4, -0.2) is 29.7 Å². The summed E-state index contributed by atoms with van der Waals surface area (Å²) >= 11 is 0. The van der Waals surface area contributed by atoms with E-state index in [4.69, 9.17) is 20.0 Å². The summed E-state index contributed by atoms with van der Waals surface area (Å²) in [6.07, 6.45) is 1.87. The highest BCUT2D eigenvalue weighted by Gasteiger charge is 2.18. The van der Waals surface area contributed by atoms with Crippen LogP contribution in [0.4, 0.5) is 4.39 Å². The van der Waals surface area contributed by atoms with Crippen molar-refractivity contribution < 1.29 is 28.2 Å². The third-order valence-corrected chi connectivity index (χ3v) is 3.54. The number of benzene rings is 1. The molecule has 0 bridgehead atoms. The molecule has 0 aliphatic heterocycles. The van der Waals surface area contributed by atoms with E-state index < -0.39 is 23.8 Å². The van der Waals surface area contributed by atoms with Crippen molar-refractivity contribution in [3.8, 4) is 0 Å². The van der Waals surface area contributed by atoms with E-state index in [0.717, 1.165) is 12.8 Å². The summed E-state index contributed by atoms with van der Waals surface area (Å²) in [4.78, 5) is 22.7. The molecule has 2 rings (SSSR count). The van der Waals surface area contributed by atoms with Crippen LogP contribution >= 0.6 is 0 Å². The van der Waals surface area contributed by atoms with Crippen LogP contribution in [0.5, 0.6) is 0 Å². The Balaban J connectivity index is 2.10. The molecule has 6 nitrogen and oxygen atoms in total. The predicted octanol–water partition coefficient (Wildman–Crippen LogP) is 2.87. The van der Waals surface area contributed by atoms with Gasteiger partial charge in [0.1, 0.15) is 11.4 Å². The van der Waals surface area contributed by atoms with Crippen LogP contribution in [0.25, 0.3) is 11.0 Å². The lowest BCUT2D eigenvalue weighted by molar-refractivity contribution is -0.144. The molecule has 0 aliphatic rings. The van der Waals surface area contributed by atoms with Gasteiger partial charge in [0.25, 0.3) is 0 Å². The Bertz CT molecular complexity index is 740. The number of carbonyl (C=O) groups excluding carboxylic acids is 1. The molecule has 24 heavy (non-hydrogen) atoms. The number of nitrogens with two attached hydrogens (primary N) is 1. The number of aromatic carboxylic acids is 1. The Morgan fingerprint density at radius 3 is 2.79 bits per heavy atom. The Hall–Kier alpha value is -2.41. The number of fused-ring (bicyclic) bond motifs is 1. The second kappa shape index (κ2) is 7.92. The minimum atomic E-state index is -1.23. The zero-order valence-corrected chi connectivity index (χ0v) is 13.4. The van der Waals surface area contributed by atoms with Gasteiger partial charge in [0.2, 0.25) is 5.76 Å². The van der Waals surface area contributed by atoms with Crippen molar-refractivity contribution in [1.29, 1.82) is 0 Å². The first kappa shape index (κ1) is 17.9. The molecule has 1 aromatic carbocycles. The number of halogens is 1. The maximum absolute atomic E-state index is 13.7. The molecular weight excluding hydrogens is 317 g/mol. The van der Waals surface area contributed by atoms with E-state index >= 15 is 0 Å². The van der Waals surface area contributed by atoms with Gasteiger partial charge in [-0.15, -0.1) is 0 Å². The Kier molecular flexibility index (Phi) is 5.92.